The number of ether oxygens (including phenoxy) is 1. The summed E-state index contributed by atoms with van der Waals surface area (Å²) < 4.78 is 4.41. The van der Waals surface area contributed by atoms with Crippen molar-refractivity contribution < 1.29 is 24.2 Å². The van der Waals surface area contributed by atoms with Crippen molar-refractivity contribution >= 4 is 17.8 Å². The lowest BCUT2D eigenvalue weighted by Gasteiger charge is -2.13. The first-order valence-corrected chi connectivity index (χ1v) is 5.60. The standard InChI is InChI=1S/C11H15N3O5/c1-19-10(16)3-2-8(11(17)18)13-9(15)6-7-4-5-12-14-7/h4-5,8H,2-3,6H2,1H3,(H,12,14)(H,13,15)(H,17,18). The summed E-state index contributed by atoms with van der Waals surface area (Å²) >= 11 is 0. The van der Waals surface area contributed by atoms with Gasteiger partial charge in [-0.05, 0) is 12.5 Å². The maximum Gasteiger partial charge on any atom is 0.326 e. The lowest BCUT2D eigenvalue weighted by molar-refractivity contribution is -0.144. The van der Waals surface area contributed by atoms with Gasteiger partial charge in [-0.25, -0.2) is 4.79 Å². The minimum Gasteiger partial charge on any atom is -0.480 e. The number of methoxy groups -OCH3 is 1. The van der Waals surface area contributed by atoms with Crippen molar-refractivity contribution in [1.29, 1.82) is 0 Å². The van der Waals surface area contributed by atoms with Crippen LogP contribution in [0.25, 0.3) is 0 Å². The smallest absolute Gasteiger partial charge is 0.326 e. The fourth-order valence-electron chi connectivity index (χ4n) is 1.42. The average Bonchev–Trinajstić information content (AvgIpc) is 2.86. The summed E-state index contributed by atoms with van der Waals surface area (Å²) in [5.41, 5.74) is 0.578. The Labute approximate surface area is 109 Å². The molecule has 0 saturated heterocycles. The Balaban J connectivity index is 2.46. The predicted molar refractivity (Wildman–Crippen MR) is 63.1 cm³/mol. The zero-order chi connectivity index (χ0) is 14.3. The second kappa shape index (κ2) is 7.14. The molecule has 8 nitrogen and oxygen atoms in total. The summed E-state index contributed by atoms with van der Waals surface area (Å²) in [7, 11) is 1.22. The Kier molecular flexibility index (Phi) is 5.52. The van der Waals surface area contributed by atoms with Crippen LogP contribution < -0.4 is 5.32 Å². The third-order valence-electron chi connectivity index (χ3n) is 2.41. The van der Waals surface area contributed by atoms with Crippen LogP contribution in [0.3, 0.4) is 0 Å². The van der Waals surface area contributed by atoms with E-state index in [4.69, 9.17) is 5.11 Å². The van der Waals surface area contributed by atoms with Gasteiger partial charge in [-0.2, -0.15) is 5.10 Å². The Hall–Kier alpha value is -2.38. The van der Waals surface area contributed by atoms with Gasteiger partial charge in [0.05, 0.1) is 13.5 Å². The van der Waals surface area contributed by atoms with Gasteiger partial charge in [0.15, 0.2) is 0 Å². The molecule has 0 aliphatic heterocycles. The van der Waals surface area contributed by atoms with E-state index >= 15 is 0 Å². The summed E-state index contributed by atoms with van der Waals surface area (Å²) in [6, 6.07) is 0.499. The van der Waals surface area contributed by atoms with Crippen LogP contribution in [-0.2, 0) is 25.5 Å². The molecular formula is C11H15N3O5. The molecule has 3 N–H and O–H groups in total. The molecule has 1 heterocycles. The first-order chi connectivity index (χ1) is 9.02. The highest BCUT2D eigenvalue weighted by Gasteiger charge is 2.21. The summed E-state index contributed by atoms with van der Waals surface area (Å²) in [6.07, 6.45) is 1.41. The molecule has 1 unspecified atom stereocenters. The zero-order valence-corrected chi connectivity index (χ0v) is 10.4. The minimum absolute atomic E-state index is 0.00199. The summed E-state index contributed by atoms with van der Waals surface area (Å²) in [4.78, 5) is 33.5. The number of nitrogens with one attached hydrogen (secondary N) is 2. The SMILES string of the molecule is COC(=O)CCC(NC(=O)Cc1ccn[nH]1)C(=O)O. The number of aromatic amines is 1. The number of carboxylic acids is 1. The van der Waals surface area contributed by atoms with E-state index in [-0.39, 0.29) is 19.3 Å². The van der Waals surface area contributed by atoms with Crippen LogP contribution in [0.15, 0.2) is 12.3 Å². The first kappa shape index (κ1) is 14.7. The molecule has 0 bridgehead atoms. The molecule has 0 aliphatic carbocycles. The van der Waals surface area contributed by atoms with Crippen molar-refractivity contribution in [2.45, 2.75) is 25.3 Å². The molecule has 1 aromatic rings. The van der Waals surface area contributed by atoms with Crippen LogP contribution in [0.4, 0.5) is 0 Å². The zero-order valence-electron chi connectivity index (χ0n) is 10.4. The number of amides is 1. The molecule has 0 radical (unpaired) electrons. The fraction of sp³-hybridized carbons (Fsp3) is 0.455. The van der Waals surface area contributed by atoms with E-state index in [2.05, 4.69) is 20.3 Å². The van der Waals surface area contributed by atoms with Gasteiger partial charge in [0.25, 0.3) is 0 Å². The van der Waals surface area contributed by atoms with Gasteiger partial charge in [0, 0.05) is 18.3 Å². The van der Waals surface area contributed by atoms with Gasteiger partial charge >= 0.3 is 11.9 Å². The van der Waals surface area contributed by atoms with Crippen molar-refractivity contribution in [1.82, 2.24) is 15.5 Å². The molecule has 1 aromatic heterocycles. The molecule has 0 aliphatic rings. The van der Waals surface area contributed by atoms with E-state index in [1.807, 2.05) is 0 Å². The summed E-state index contributed by atoms with van der Waals surface area (Å²) in [6.45, 7) is 0. The average molecular weight is 269 g/mol. The van der Waals surface area contributed by atoms with Crippen molar-refractivity contribution in [2.24, 2.45) is 0 Å². The molecule has 1 atom stereocenters. The first-order valence-electron chi connectivity index (χ1n) is 5.60. The minimum atomic E-state index is -1.19. The summed E-state index contributed by atoms with van der Waals surface area (Å²) in [5, 5.41) is 17.6. The van der Waals surface area contributed by atoms with Gasteiger partial charge in [-0.1, -0.05) is 0 Å². The van der Waals surface area contributed by atoms with E-state index < -0.39 is 23.9 Å². The van der Waals surface area contributed by atoms with E-state index in [0.717, 1.165) is 0 Å². The number of carboxylic acid groups (broad SMARTS) is 1. The number of carbonyl (C=O) groups excluding carboxylic acids is 2. The monoisotopic (exact) mass is 269 g/mol. The molecule has 0 fully saturated rings. The highest BCUT2D eigenvalue weighted by Crippen LogP contribution is 2.01. The maximum atomic E-state index is 11.6. The second-order valence-electron chi connectivity index (χ2n) is 3.83. The second-order valence-corrected chi connectivity index (χ2v) is 3.83. The Morgan fingerprint density at radius 2 is 2.26 bits per heavy atom. The van der Waals surface area contributed by atoms with Crippen LogP contribution in [0.1, 0.15) is 18.5 Å². The van der Waals surface area contributed by atoms with Gasteiger partial charge in [-0.3, -0.25) is 14.7 Å². The number of aliphatic carboxylic acids is 1. The molecule has 8 heteroatoms. The van der Waals surface area contributed by atoms with Crippen LogP contribution >= 0.6 is 0 Å². The highest BCUT2D eigenvalue weighted by molar-refractivity contribution is 5.85. The van der Waals surface area contributed by atoms with Crippen LogP contribution in [0.2, 0.25) is 0 Å². The van der Waals surface area contributed by atoms with Crippen molar-refractivity contribution in [3.8, 4) is 0 Å². The van der Waals surface area contributed by atoms with Gasteiger partial charge < -0.3 is 15.2 Å². The van der Waals surface area contributed by atoms with Crippen molar-refractivity contribution in [3.05, 3.63) is 18.0 Å². The molecule has 104 valence electrons. The largest absolute Gasteiger partial charge is 0.480 e. The van der Waals surface area contributed by atoms with Gasteiger partial charge in [0.2, 0.25) is 5.91 Å². The van der Waals surface area contributed by atoms with E-state index in [1.54, 1.807) is 6.07 Å². The number of H-pyrrole nitrogens is 1. The molecule has 19 heavy (non-hydrogen) atoms. The number of hydrogen-bond acceptors (Lipinski definition) is 5. The number of nitrogens with zero attached hydrogens (tertiary/aromatic N) is 1. The topological polar surface area (TPSA) is 121 Å². The molecule has 1 amide bonds. The number of carbonyl (C=O) groups is 3. The van der Waals surface area contributed by atoms with Crippen LogP contribution in [0.5, 0.6) is 0 Å². The number of rotatable bonds is 7. The number of aromatic nitrogens is 2. The van der Waals surface area contributed by atoms with E-state index in [0.29, 0.717) is 5.69 Å². The molecule has 0 saturated carbocycles. The Morgan fingerprint density at radius 3 is 2.79 bits per heavy atom. The van der Waals surface area contributed by atoms with Crippen molar-refractivity contribution in [3.63, 3.8) is 0 Å². The van der Waals surface area contributed by atoms with Gasteiger partial charge in [-0.15, -0.1) is 0 Å². The fourth-order valence-corrected chi connectivity index (χ4v) is 1.42. The number of esters is 1. The van der Waals surface area contributed by atoms with Crippen LogP contribution in [0, 0.1) is 0 Å². The van der Waals surface area contributed by atoms with E-state index in [9.17, 15) is 14.4 Å². The lowest BCUT2D eigenvalue weighted by atomic mass is 10.1. The van der Waals surface area contributed by atoms with Crippen LogP contribution in [-0.4, -0.2) is 46.3 Å². The maximum absolute atomic E-state index is 11.6. The molecule has 0 spiro atoms. The lowest BCUT2D eigenvalue weighted by Crippen LogP contribution is -2.41. The highest BCUT2D eigenvalue weighted by atomic mass is 16.5. The third kappa shape index (κ3) is 5.19. The molecular weight excluding hydrogens is 254 g/mol. The van der Waals surface area contributed by atoms with Gasteiger partial charge in [0.1, 0.15) is 6.04 Å². The summed E-state index contributed by atoms with van der Waals surface area (Å²) in [5.74, 6) is -2.17. The third-order valence-corrected chi connectivity index (χ3v) is 2.41. The Morgan fingerprint density at radius 1 is 1.53 bits per heavy atom. The van der Waals surface area contributed by atoms with Crippen molar-refractivity contribution in [2.75, 3.05) is 7.11 Å². The molecule has 0 aromatic carbocycles. The van der Waals surface area contributed by atoms with E-state index in [1.165, 1.54) is 13.3 Å². The normalized spacial score (nSPS) is 11.6. The Bertz CT molecular complexity index is 443. The number of hydrogen-bond donors (Lipinski definition) is 3. The quantitative estimate of drug-likeness (QED) is 0.572. The molecule has 1 rings (SSSR count). The predicted octanol–water partition coefficient (Wildman–Crippen LogP) is -0.525.